The molecule has 6 nitrogen and oxygen atoms in total. The lowest BCUT2D eigenvalue weighted by Gasteiger charge is -2.41. The Labute approximate surface area is 142 Å². The number of rotatable bonds is 4. The van der Waals surface area contributed by atoms with Crippen LogP contribution in [0.1, 0.15) is 12.0 Å². The van der Waals surface area contributed by atoms with Gasteiger partial charge in [-0.05, 0) is 24.1 Å². The van der Waals surface area contributed by atoms with Gasteiger partial charge in [-0.25, -0.2) is 9.97 Å². The molecule has 2 aliphatic heterocycles. The molecular formula is C18H23N5O. The summed E-state index contributed by atoms with van der Waals surface area (Å²) in [4.78, 5) is 18.0. The first-order valence-electron chi connectivity index (χ1n) is 8.53. The molecule has 0 radical (unpaired) electrons. The Kier molecular flexibility index (Phi) is 4.40. The van der Waals surface area contributed by atoms with Crippen LogP contribution in [-0.4, -0.2) is 58.7 Å². The molecule has 6 heteroatoms. The van der Waals surface area contributed by atoms with Crippen LogP contribution in [0, 0.1) is 5.92 Å². The number of methoxy groups -OCH3 is 1. The van der Waals surface area contributed by atoms with Gasteiger partial charge in [-0.2, -0.15) is 0 Å². The maximum absolute atomic E-state index is 5.78. The molecule has 3 atom stereocenters. The average molecular weight is 325 g/mol. The molecule has 2 aromatic rings. The van der Waals surface area contributed by atoms with E-state index in [2.05, 4.69) is 30.8 Å². The van der Waals surface area contributed by atoms with Crippen LogP contribution in [0.4, 0.5) is 5.95 Å². The Balaban J connectivity index is 1.53. The lowest BCUT2D eigenvalue weighted by molar-refractivity contribution is 0.0314. The first-order chi connectivity index (χ1) is 11.8. The van der Waals surface area contributed by atoms with Gasteiger partial charge in [0.25, 0.3) is 0 Å². The molecule has 2 fully saturated rings. The first-order valence-corrected chi connectivity index (χ1v) is 8.53. The zero-order valence-electron chi connectivity index (χ0n) is 14.0. The molecule has 2 aliphatic rings. The van der Waals surface area contributed by atoms with Crippen molar-refractivity contribution in [1.82, 2.24) is 19.9 Å². The summed E-state index contributed by atoms with van der Waals surface area (Å²) < 4.78 is 5.78. The van der Waals surface area contributed by atoms with Gasteiger partial charge in [-0.15, -0.1) is 0 Å². The minimum absolute atomic E-state index is 0.314. The van der Waals surface area contributed by atoms with E-state index in [1.807, 2.05) is 44.0 Å². The summed E-state index contributed by atoms with van der Waals surface area (Å²) in [7, 11) is 1.83. The molecule has 2 aromatic heterocycles. The molecule has 0 saturated carbocycles. The Hall–Kier alpha value is -2.05. The average Bonchev–Trinajstić information content (AvgIpc) is 3.06. The zero-order valence-corrected chi connectivity index (χ0v) is 14.0. The van der Waals surface area contributed by atoms with Crippen molar-refractivity contribution in [3.8, 4) is 0 Å². The second kappa shape index (κ2) is 6.83. The summed E-state index contributed by atoms with van der Waals surface area (Å²) in [5.41, 5.74) is 1.26. The predicted molar refractivity (Wildman–Crippen MR) is 91.6 cm³/mol. The Bertz CT molecular complexity index is 653. The Morgan fingerprint density at radius 3 is 2.79 bits per heavy atom. The van der Waals surface area contributed by atoms with Crippen molar-refractivity contribution in [3.63, 3.8) is 0 Å². The fraction of sp³-hybridized carbons (Fsp3) is 0.500. The smallest absolute Gasteiger partial charge is 0.225 e. The van der Waals surface area contributed by atoms with E-state index in [4.69, 9.17) is 4.74 Å². The number of ether oxygens (including phenoxy) is 1. The topological polar surface area (TPSA) is 54.4 Å². The Morgan fingerprint density at radius 1 is 1.17 bits per heavy atom. The normalized spacial score (nSPS) is 27.2. The lowest BCUT2D eigenvalue weighted by atomic mass is 9.89. The largest absolute Gasteiger partial charge is 0.381 e. The van der Waals surface area contributed by atoms with E-state index in [-0.39, 0.29) is 0 Å². The highest BCUT2D eigenvalue weighted by molar-refractivity contribution is 5.34. The van der Waals surface area contributed by atoms with Crippen LogP contribution in [0.3, 0.4) is 0 Å². The van der Waals surface area contributed by atoms with Gasteiger partial charge >= 0.3 is 0 Å². The SMILES string of the molecule is CO[C@H]1CCN(c2ncccn2)[C@@H]2CN(Cc3cccnc3)C[C@H]12. The van der Waals surface area contributed by atoms with E-state index < -0.39 is 0 Å². The van der Waals surface area contributed by atoms with Gasteiger partial charge in [0, 0.05) is 64.0 Å². The summed E-state index contributed by atoms with van der Waals surface area (Å²) in [6.45, 7) is 3.93. The molecule has 0 amide bonds. The molecule has 24 heavy (non-hydrogen) atoms. The van der Waals surface area contributed by atoms with Crippen molar-refractivity contribution in [2.24, 2.45) is 5.92 Å². The summed E-state index contributed by atoms with van der Waals surface area (Å²) in [6, 6.07) is 6.41. The molecule has 0 spiro atoms. The summed E-state index contributed by atoms with van der Waals surface area (Å²) >= 11 is 0. The molecular weight excluding hydrogens is 302 g/mol. The minimum atomic E-state index is 0.314. The van der Waals surface area contributed by atoms with Crippen LogP contribution in [0.25, 0.3) is 0 Å². The van der Waals surface area contributed by atoms with E-state index >= 15 is 0 Å². The van der Waals surface area contributed by atoms with Crippen molar-refractivity contribution in [2.45, 2.75) is 25.1 Å². The van der Waals surface area contributed by atoms with Crippen molar-refractivity contribution >= 4 is 5.95 Å². The van der Waals surface area contributed by atoms with Crippen LogP contribution in [0.5, 0.6) is 0 Å². The van der Waals surface area contributed by atoms with E-state index in [9.17, 15) is 0 Å². The zero-order chi connectivity index (χ0) is 16.4. The third-order valence-corrected chi connectivity index (χ3v) is 5.18. The molecule has 2 saturated heterocycles. The van der Waals surface area contributed by atoms with Crippen molar-refractivity contribution in [1.29, 1.82) is 0 Å². The predicted octanol–water partition coefficient (Wildman–Crippen LogP) is 1.60. The van der Waals surface area contributed by atoms with Gasteiger partial charge in [0.1, 0.15) is 0 Å². The maximum atomic E-state index is 5.78. The number of nitrogens with zero attached hydrogens (tertiary/aromatic N) is 5. The highest BCUT2D eigenvalue weighted by Gasteiger charge is 2.45. The standard InChI is InChI=1S/C18H23N5O/c1-24-17-5-9-23(18-20-7-3-8-21-18)16-13-22(12-15(16)17)11-14-4-2-6-19-10-14/h2-4,6-8,10,15-17H,5,9,11-13H2,1H3/t15-,16+,17-/m0/s1. The summed E-state index contributed by atoms with van der Waals surface area (Å²) in [6.07, 6.45) is 8.76. The first kappa shape index (κ1) is 15.5. The molecule has 0 bridgehead atoms. The number of likely N-dealkylation sites (tertiary alicyclic amines) is 1. The third-order valence-electron chi connectivity index (χ3n) is 5.18. The molecule has 126 valence electrons. The summed E-state index contributed by atoms with van der Waals surface area (Å²) in [5, 5.41) is 0. The molecule has 0 N–H and O–H groups in total. The van der Waals surface area contributed by atoms with Crippen LogP contribution in [0.15, 0.2) is 43.0 Å². The highest BCUT2D eigenvalue weighted by atomic mass is 16.5. The number of hydrogen-bond donors (Lipinski definition) is 0. The van der Waals surface area contributed by atoms with E-state index in [1.165, 1.54) is 5.56 Å². The van der Waals surface area contributed by atoms with Gasteiger partial charge in [0.05, 0.1) is 12.1 Å². The van der Waals surface area contributed by atoms with Crippen LogP contribution < -0.4 is 4.90 Å². The van der Waals surface area contributed by atoms with Gasteiger partial charge in [-0.3, -0.25) is 9.88 Å². The molecule has 0 unspecified atom stereocenters. The fourth-order valence-electron chi connectivity index (χ4n) is 4.10. The molecule has 0 aliphatic carbocycles. The molecule has 4 heterocycles. The lowest BCUT2D eigenvalue weighted by Crippen LogP contribution is -2.52. The summed E-state index contributed by atoms with van der Waals surface area (Å²) in [5.74, 6) is 1.33. The van der Waals surface area contributed by atoms with Gasteiger partial charge in [-0.1, -0.05) is 6.07 Å². The van der Waals surface area contributed by atoms with Crippen LogP contribution in [-0.2, 0) is 11.3 Å². The van der Waals surface area contributed by atoms with Gasteiger partial charge < -0.3 is 9.64 Å². The monoisotopic (exact) mass is 325 g/mol. The van der Waals surface area contributed by atoms with E-state index in [0.717, 1.165) is 38.5 Å². The van der Waals surface area contributed by atoms with Gasteiger partial charge in [0.15, 0.2) is 0 Å². The number of piperidine rings is 1. The van der Waals surface area contributed by atoms with Crippen LogP contribution >= 0.6 is 0 Å². The van der Waals surface area contributed by atoms with E-state index in [0.29, 0.717) is 18.1 Å². The maximum Gasteiger partial charge on any atom is 0.225 e. The van der Waals surface area contributed by atoms with E-state index in [1.54, 1.807) is 0 Å². The van der Waals surface area contributed by atoms with Crippen molar-refractivity contribution in [3.05, 3.63) is 48.5 Å². The fourth-order valence-corrected chi connectivity index (χ4v) is 4.10. The van der Waals surface area contributed by atoms with Crippen molar-refractivity contribution < 1.29 is 4.74 Å². The number of hydrogen-bond acceptors (Lipinski definition) is 6. The highest BCUT2D eigenvalue weighted by Crippen LogP contribution is 2.34. The molecule has 0 aromatic carbocycles. The van der Waals surface area contributed by atoms with Gasteiger partial charge in [0.2, 0.25) is 5.95 Å². The Morgan fingerprint density at radius 2 is 2.04 bits per heavy atom. The second-order valence-electron chi connectivity index (χ2n) is 6.59. The molecule has 4 rings (SSSR count). The minimum Gasteiger partial charge on any atom is -0.381 e. The third kappa shape index (κ3) is 2.99. The number of anilines is 1. The van der Waals surface area contributed by atoms with Crippen molar-refractivity contribution in [2.75, 3.05) is 31.6 Å². The number of pyridine rings is 1. The number of aromatic nitrogens is 3. The second-order valence-corrected chi connectivity index (χ2v) is 6.59. The quantitative estimate of drug-likeness (QED) is 0.851. The van der Waals surface area contributed by atoms with Crippen LogP contribution in [0.2, 0.25) is 0 Å². The number of fused-ring (bicyclic) bond motifs is 1.